The van der Waals surface area contributed by atoms with E-state index in [1.54, 1.807) is 4.57 Å². The van der Waals surface area contributed by atoms with E-state index in [-0.39, 0.29) is 23.8 Å². The second-order valence-corrected chi connectivity index (χ2v) is 4.61. The number of H-pyrrole nitrogens is 1. The summed E-state index contributed by atoms with van der Waals surface area (Å²) in [6.45, 7) is 3.94. The summed E-state index contributed by atoms with van der Waals surface area (Å²) in [7, 11) is 1.81. The van der Waals surface area contributed by atoms with Gasteiger partial charge in [-0.15, -0.1) is 12.4 Å². The summed E-state index contributed by atoms with van der Waals surface area (Å²) in [6, 6.07) is 0. The lowest BCUT2D eigenvalue weighted by Crippen LogP contribution is -1.97. The summed E-state index contributed by atoms with van der Waals surface area (Å²) >= 11 is 0. The third kappa shape index (κ3) is 6.11. The number of aromatic carboxylic acids is 2. The zero-order chi connectivity index (χ0) is 16.7. The molecule has 9 heteroatoms. The van der Waals surface area contributed by atoms with Crippen LogP contribution in [0.15, 0.2) is 12.4 Å². The van der Waals surface area contributed by atoms with Gasteiger partial charge in [0.15, 0.2) is 5.69 Å². The Morgan fingerprint density at radius 1 is 1.26 bits per heavy atom. The maximum Gasteiger partial charge on any atom is 0.356 e. The molecule has 0 aliphatic rings. The van der Waals surface area contributed by atoms with E-state index in [4.69, 9.17) is 10.2 Å². The Labute approximate surface area is 140 Å². The summed E-state index contributed by atoms with van der Waals surface area (Å²) < 4.78 is 1.76. The number of hydrogen-bond acceptors (Lipinski definition) is 4. The van der Waals surface area contributed by atoms with Crippen LogP contribution in [0.25, 0.3) is 0 Å². The molecule has 2 aromatic rings. The molecule has 0 aliphatic carbocycles. The number of hydrogen-bond donors (Lipinski definition) is 3. The number of nitrogens with one attached hydrogen (secondary N) is 1. The summed E-state index contributed by atoms with van der Waals surface area (Å²) in [6.07, 6.45) is 5.38. The predicted molar refractivity (Wildman–Crippen MR) is 86.3 cm³/mol. The van der Waals surface area contributed by atoms with E-state index in [1.165, 1.54) is 12.4 Å². The van der Waals surface area contributed by atoms with Crippen LogP contribution in [0.3, 0.4) is 0 Å². The third-order valence-corrected chi connectivity index (χ3v) is 2.86. The molecule has 2 heterocycles. The van der Waals surface area contributed by atoms with E-state index in [0.717, 1.165) is 25.1 Å². The second kappa shape index (κ2) is 9.62. The van der Waals surface area contributed by atoms with Crippen LogP contribution in [0.2, 0.25) is 0 Å². The summed E-state index contributed by atoms with van der Waals surface area (Å²) in [4.78, 5) is 31.2. The Bertz CT molecular complexity index is 651. The number of carboxylic acids is 2. The Kier molecular flexibility index (Phi) is 8.64. The lowest BCUT2D eigenvalue weighted by Gasteiger charge is -1.95. The molecule has 0 radical (unpaired) electrons. The number of nitrogens with zero attached hydrogens (tertiary/aromatic N) is 3. The fourth-order valence-corrected chi connectivity index (χ4v) is 1.71. The number of carbonyl (C=O) groups is 2. The molecule has 2 aromatic heterocycles. The number of rotatable bonds is 5. The largest absolute Gasteiger partial charge is 0.477 e. The molecule has 0 saturated heterocycles. The van der Waals surface area contributed by atoms with Crippen molar-refractivity contribution >= 4 is 24.3 Å². The first-order chi connectivity index (χ1) is 10.4. The number of halogens is 1. The lowest BCUT2D eigenvalue weighted by atomic mass is 10.3. The Morgan fingerprint density at radius 2 is 1.91 bits per heavy atom. The van der Waals surface area contributed by atoms with Gasteiger partial charge in [-0.05, 0) is 6.42 Å². The van der Waals surface area contributed by atoms with E-state index < -0.39 is 11.9 Å². The van der Waals surface area contributed by atoms with E-state index in [0.29, 0.717) is 5.82 Å². The number of imidazole rings is 2. The molecule has 23 heavy (non-hydrogen) atoms. The summed E-state index contributed by atoms with van der Waals surface area (Å²) in [5.41, 5.74) is 0.276. The standard InChI is InChI=1S/C8H12N2O2.C6H8N2O2.ClH/c1-3-4-7-9-6(8(11)12)5-10(7)2;1-2-5-7-3-4(8-5)6(9)10;/h5H,3-4H2,1-2H3,(H,11,12);3H,2H2,1H3,(H,7,8)(H,9,10);1H. The highest BCUT2D eigenvalue weighted by Crippen LogP contribution is 2.03. The second-order valence-electron chi connectivity index (χ2n) is 4.61. The topological polar surface area (TPSA) is 121 Å². The quantitative estimate of drug-likeness (QED) is 0.764. The molecule has 8 nitrogen and oxygen atoms in total. The van der Waals surface area contributed by atoms with Gasteiger partial charge in [0.2, 0.25) is 0 Å². The molecule has 2 rings (SSSR count). The third-order valence-electron chi connectivity index (χ3n) is 2.86. The number of aromatic nitrogens is 4. The molecule has 0 bridgehead atoms. The summed E-state index contributed by atoms with van der Waals surface area (Å²) in [5.74, 6) is -0.396. The fourth-order valence-electron chi connectivity index (χ4n) is 1.71. The van der Waals surface area contributed by atoms with Crippen LogP contribution in [-0.2, 0) is 19.9 Å². The summed E-state index contributed by atoms with van der Waals surface area (Å²) in [5, 5.41) is 17.0. The first-order valence-electron chi connectivity index (χ1n) is 6.91. The highest BCUT2D eigenvalue weighted by atomic mass is 35.5. The highest BCUT2D eigenvalue weighted by molar-refractivity contribution is 5.85. The van der Waals surface area contributed by atoms with Crippen molar-refractivity contribution in [2.75, 3.05) is 0 Å². The van der Waals surface area contributed by atoms with Crippen LogP contribution >= 0.6 is 12.4 Å². The first-order valence-corrected chi connectivity index (χ1v) is 6.91. The van der Waals surface area contributed by atoms with Gasteiger partial charge in [0.25, 0.3) is 0 Å². The molecule has 0 saturated carbocycles. The van der Waals surface area contributed by atoms with Gasteiger partial charge < -0.3 is 19.8 Å². The van der Waals surface area contributed by atoms with Crippen molar-refractivity contribution in [2.24, 2.45) is 7.05 Å². The van der Waals surface area contributed by atoms with Crippen LogP contribution in [-0.4, -0.2) is 41.7 Å². The zero-order valence-corrected chi connectivity index (χ0v) is 14.1. The lowest BCUT2D eigenvalue weighted by molar-refractivity contribution is 0.0680. The van der Waals surface area contributed by atoms with Gasteiger partial charge in [-0.1, -0.05) is 13.8 Å². The molecule has 0 atom stereocenters. The molecule has 0 aliphatic heterocycles. The minimum Gasteiger partial charge on any atom is -0.477 e. The van der Waals surface area contributed by atoms with E-state index in [9.17, 15) is 9.59 Å². The van der Waals surface area contributed by atoms with Crippen LogP contribution in [0.1, 0.15) is 52.9 Å². The van der Waals surface area contributed by atoms with Crippen molar-refractivity contribution in [3.63, 3.8) is 0 Å². The zero-order valence-electron chi connectivity index (χ0n) is 13.2. The first kappa shape index (κ1) is 20.6. The molecule has 3 N–H and O–H groups in total. The Morgan fingerprint density at radius 3 is 2.26 bits per heavy atom. The van der Waals surface area contributed by atoms with Gasteiger partial charge in [0.05, 0.1) is 6.20 Å². The number of aromatic amines is 1. The van der Waals surface area contributed by atoms with Crippen molar-refractivity contribution in [2.45, 2.75) is 33.1 Å². The molecule has 0 amide bonds. The minimum absolute atomic E-state index is 0. The molecule has 128 valence electrons. The Hall–Kier alpha value is -2.35. The Balaban J connectivity index is 0.000000409. The van der Waals surface area contributed by atoms with E-state index >= 15 is 0 Å². The smallest absolute Gasteiger partial charge is 0.356 e. The molecule has 0 aromatic carbocycles. The minimum atomic E-state index is -0.966. The molecular formula is C14H21ClN4O4. The monoisotopic (exact) mass is 344 g/mol. The van der Waals surface area contributed by atoms with E-state index in [2.05, 4.69) is 15.0 Å². The maximum absolute atomic E-state index is 10.5. The van der Waals surface area contributed by atoms with Crippen LogP contribution in [0.4, 0.5) is 0 Å². The van der Waals surface area contributed by atoms with Gasteiger partial charge in [-0.3, -0.25) is 0 Å². The van der Waals surface area contributed by atoms with Crippen molar-refractivity contribution in [3.8, 4) is 0 Å². The van der Waals surface area contributed by atoms with Gasteiger partial charge in [-0.2, -0.15) is 0 Å². The van der Waals surface area contributed by atoms with E-state index in [1.807, 2.05) is 20.9 Å². The SMILES string of the molecule is CCCc1nc(C(=O)O)cn1C.CCc1ncc(C(=O)O)[nH]1.Cl. The van der Waals surface area contributed by atoms with Crippen LogP contribution in [0.5, 0.6) is 0 Å². The van der Waals surface area contributed by atoms with Crippen molar-refractivity contribution in [1.29, 1.82) is 0 Å². The molecule has 0 spiro atoms. The average Bonchev–Trinajstić information content (AvgIpc) is 3.07. The van der Waals surface area contributed by atoms with Crippen molar-refractivity contribution in [1.82, 2.24) is 19.5 Å². The van der Waals surface area contributed by atoms with Gasteiger partial charge in [0, 0.05) is 26.1 Å². The fraction of sp³-hybridized carbons (Fsp3) is 0.429. The highest BCUT2D eigenvalue weighted by Gasteiger charge is 2.09. The molecule has 0 fully saturated rings. The van der Waals surface area contributed by atoms with Gasteiger partial charge in [-0.25, -0.2) is 19.6 Å². The number of carboxylic acid groups (broad SMARTS) is 2. The maximum atomic E-state index is 10.5. The van der Waals surface area contributed by atoms with Crippen molar-refractivity contribution < 1.29 is 19.8 Å². The average molecular weight is 345 g/mol. The van der Waals surface area contributed by atoms with Gasteiger partial charge >= 0.3 is 11.9 Å². The molecule has 0 unspecified atom stereocenters. The van der Waals surface area contributed by atoms with Gasteiger partial charge in [0.1, 0.15) is 17.3 Å². The van der Waals surface area contributed by atoms with Crippen LogP contribution in [0, 0.1) is 0 Å². The normalized spacial score (nSPS) is 9.52. The van der Waals surface area contributed by atoms with Crippen LogP contribution < -0.4 is 0 Å². The van der Waals surface area contributed by atoms with Crippen molar-refractivity contribution in [3.05, 3.63) is 35.4 Å². The predicted octanol–water partition coefficient (Wildman–Crippen LogP) is 2.16. The number of aryl methyl sites for hydroxylation is 3. The molecular weight excluding hydrogens is 324 g/mol.